The Bertz CT molecular complexity index is 1300. The van der Waals surface area contributed by atoms with Gasteiger partial charge in [-0.2, -0.15) is 4.57 Å². The number of aromatic nitrogens is 3. The van der Waals surface area contributed by atoms with Crippen molar-refractivity contribution in [2.45, 2.75) is 6.92 Å². The molecule has 0 spiro atoms. The highest BCUT2D eigenvalue weighted by molar-refractivity contribution is 5.81. The summed E-state index contributed by atoms with van der Waals surface area (Å²) in [6, 6.07) is 29.9. The van der Waals surface area contributed by atoms with E-state index >= 15 is 0 Å². The molecule has 3 heteroatoms. The van der Waals surface area contributed by atoms with Gasteiger partial charge in [0.15, 0.2) is 11.0 Å². The zero-order chi connectivity index (χ0) is 19.8. The van der Waals surface area contributed by atoms with Gasteiger partial charge >= 0.3 is 0 Å². The number of rotatable bonds is 3. The molecule has 3 aromatic carbocycles. The topological polar surface area (TPSA) is 21.7 Å². The fourth-order valence-corrected chi connectivity index (χ4v) is 4.03. The summed E-state index contributed by atoms with van der Waals surface area (Å²) in [6.45, 7) is 2.18. The molecule has 0 saturated heterocycles. The Hall–Kier alpha value is -3.72. The monoisotopic (exact) mass is 376 g/mol. The second-order valence-corrected chi connectivity index (χ2v) is 7.31. The van der Waals surface area contributed by atoms with Gasteiger partial charge in [0.25, 0.3) is 5.82 Å². The second-order valence-electron chi connectivity index (χ2n) is 7.31. The van der Waals surface area contributed by atoms with Crippen molar-refractivity contribution < 1.29 is 4.57 Å². The van der Waals surface area contributed by atoms with Gasteiger partial charge in [0.2, 0.25) is 0 Å². The number of para-hydroxylation sites is 3. The molecule has 0 bridgehead atoms. The molecule has 0 fully saturated rings. The number of hydrogen-bond donors (Lipinski definition) is 0. The summed E-state index contributed by atoms with van der Waals surface area (Å²) in [5.74, 6) is 1.17. The van der Waals surface area contributed by atoms with Gasteiger partial charge in [0.1, 0.15) is 5.69 Å². The predicted molar refractivity (Wildman–Crippen MR) is 118 cm³/mol. The molecule has 0 aliphatic heterocycles. The minimum absolute atomic E-state index is 1.12. The standard InChI is InChI=1S/C26H22N3/c1-19-14-15-20(21-9-8-16-27-18-21)17-23(19)26-28(2)24-12-6-7-13-25(24)29(26)22-10-4-3-5-11-22/h3-18H,1-2H3/q+1. The van der Waals surface area contributed by atoms with Crippen LogP contribution in [0, 0.1) is 6.92 Å². The summed E-state index contributed by atoms with van der Waals surface area (Å²) >= 11 is 0. The van der Waals surface area contributed by atoms with Crippen molar-refractivity contribution in [3.63, 3.8) is 0 Å². The van der Waals surface area contributed by atoms with Crippen LogP contribution in [0.15, 0.2) is 97.3 Å². The maximum Gasteiger partial charge on any atom is 0.295 e. The maximum atomic E-state index is 4.29. The van der Waals surface area contributed by atoms with E-state index in [1.165, 1.54) is 33.5 Å². The van der Waals surface area contributed by atoms with Crippen molar-refractivity contribution in [3.8, 4) is 28.2 Å². The largest absolute Gasteiger partial charge is 0.295 e. The first kappa shape index (κ1) is 17.4. The third kappa shape index (κ3) is 2.92. The second kappa shape index (κ2) is 7.02. The number of pyridine rings is 1. The zero-order valence-electron chi connectivity index (χ0n) is 16.6. The fraction of sp³-hybridized carbons (Fsp3) is 0.0769. The number of imidazole rings is 1. The summed E-state index contributed by atoms with van der Waals surface area (Å²) in [6.07, 6.45) is 3.73. The molecular formula is C26H22N3+. The first-order chi connectivity index (χ1) is 14.2. The molecule has 5 rings (SSSR count). The van der Waals surface area contributed by atoms with Crippen molar-refractivity contribution >= 4 is 11.0 Å². The van der Waals surface area contributed by atoms with Crippen LogP contribution in [-0.2, 0) is 7.05 Å². The highest BCUT2D eigenvalue weighted by Gasteiger charge is 2.26. The number of nitrogens with zero attached hydrogens (tertiary/aromatic N) is 3. The molecule has 5 aromatic rings. The van der Waals surface area contributed by atoms with E-state index < -0.39 is 0 Å². The zero-order valence-corrected chi connectivity index (χ0v) is 16.6. The Morgan fingerprint density at radius 1 is 0.793 bits per heavy atom. The minimum Gasteiger partial charge on any atom is -0.264 e. The summed E-state index contributed by atoms with van der Waals surface area (Å²) in [5.41, 5.74) is 8.31. The van der Waals surface area contributed by atoms with E-state index in [2.05, 4.69) is 107 Å². The van der Waals surface area contributed by atoms with Crippen molar-refractivity contribution in [3.05, 3.63) is 103 Å². The van der Waals surface area contributed by atoms with Crippen molar-refractivity contribution in [1.82, 2.24) is 9.55 Å². The molecule has 0 aliphatic carbocycles. The molecule has 0 atom stereocenters. The van der Waals surface area contributed by atoms with Crippen LogP contribution in [0.3, 0.4) is 0 Å². The van der Waals surface area contributed by atoms with Gasteiger partial charge in [-0.1, -0.05) is 48.5 Å². The lowest BCUT2D eigenvalue weighted by atomic mass is 10.00. The minimum atomic E-state index is 1.12. The maximum absolute atomic E-state index is 4.29. The lowest BCUT2D eigenvalue weighted by Crippen LogP contribution is -2.30. The molecule has 0 unspecified atom stereocenters. The van der Waals surface area contributed by atoms with Crippen LogP contribution in [0.4, 0.5) is 0 Å². The predicted octanol–water partition coefficient (Wildman–Crippen LogP) is 5.49. The third-order valence-electron chi connectivity index (χ3n) is 5.50. The first-order valence-corrected chi connectivity index (χ1v) is 9.80. The fourth-order valence-electron chi connectivity index (χ4n) is 4.03. The van der Waals surface area contributed by atoms with Gasteiger partial charge in [-0.25, -0.2) is 4.57 Å². The molecule has 29 heavy (non-hydrogen) atoms. The van der Waals surface area contributed by atoms with Crippen LogP contribution in [0.25, 0.3) is 39.2 Å². The number of hydrogen-bond acceptors (Lipinski definition) is 1. The van der Waals surface area contributed by atoms with Gasteiger partial charge in [-0.3, -0.25) is 4.98 Å². The van der Waals surface area contributed by atoms with Crippen molar-refractivity contribution in [2.75, 3.05) is 0 Å². The number of aryl methyl sites for hydroxylation is 2. The summed E-state index contributed by atoms with van der Waals surface area (Å²) in [7, 11) is 2.15. The molecule has 0 amide bonds. The smallest absolute Gasteiger partial charge is 0.264 e. The van der Waals surface area contributed by atoms with E-state index in [0.717, 1.165) is 11.3 Å². The molecule has 140 valence electrons. The summed E-state index contributed by atoms with van der Waals surface area (Å²) < 4.78 is 4.64. The molecular weight excluding hydrogens is 354 g/mol. The van der Waals surface area contributed by atoms with Crippen molar-refractivity contribution in [2.24, 2.45) is 7.05 Å². The number of fused-ring (bicyclic) bond motifs is 1. The Balaban J connectivity index is 1.84. The molecule has 2 heterocycles. The highest BCUT2D eigenvalue weighted by Crippen LogP contribution is 2.32. The lowest BCUT2D eigenvalue weighted by molar-refractivity contribution is -0.633. The van der Waals surface area contributed by atoms with E-state index in [9.17, 15) is 0 Å². The normalized spacial score (nSPS) is 11.1. The Labute approximate surface area is 170 Å². The Kier molecular flexibility index (Phi) is 4.21. The van der Waals surface area contributed by atoms with E-state index in [-0.39, 0.29) is 0 Å². The lowest BCUT2D eigenvalue weighted by Gasteiger charge is -2.09. The van der Waals surface area contributed by atoms with E-state index in [4.69, 9.17) is 0 Å². The van der Waals surface area contributed by atoms with Gasteiger partial charge in [0, 0.05) is 18.0 Å². The third-order valence-corrected chi connectivity index (χ3v) is 5.50. The first-order valence-electron chi connectivity index (χ1n) is 9.80. The van der Waals surface area contributed by atoms with Crippen LogP contribution in [-0.4, -0.2) is 9.55 Å². The van der Waals surface area contributed by atoms with Gasteiger partial charge in [-0.05, 0) is 54.4 Å². The molecule has 0 aliphatic rings. The quantitative estimate of drug-likeness (QED) is 0.382. The van der Waals surface area contributed by atoms with Gasteiger partial charge in [-0.15, -0.1) is 0 Å². The average molecular weight is 376 g/mol. The van der Waals surface area contributed by atoms with Crippen LogP contribution >= 0.6 is 0 Å². The molecule has 0 N–H and O–H groups in total. The Morgan fingerprint density at radius 2 is 1.59 bits per heavy atom. The van der Waals surface area contributed by atoms with Crippen LogP contribution in [0.1, 0.15) is 5.56 Å². The molecule has 0 radical (unpaired) electrons. The summed E-state index contributed by atoms with van der Waals surface area (Å²) in [4.78, 5) is 4.29. The highest BCUT2D eigenvalue weighted by atomic mass is 15.2. The van der Waals surface area contributed by atoms with E-state index in [0.29, 0.717) is 0 Å². The summed E-state index contributed by atoms with van der Waals surface area (Å²) in [5, 5.41) is 0. The molecule has 2 aromatic heterocycles. The van der Waals surface area contributed by atoms with E-state index in [1.807, 2.05) is 18.5 Å². The van der Waals surface area contributed by atoms with Gasteiger partial charge < -0.3 is 0 Å². The molecule has 3 nitrogen and oxygen atoms in total. The number of benzene rings is 3. The van der Waals surface area contributed by atoms with Crippen LogP contribution < -0.4 is 4.57 Å². The van der Waals surface area contributed by atoms with Crippen LogP contribution in [0.5, 0.6) is 0 Å². The molecule has 0 saturated carbocycles. The van der Waals surface area contributed by atoms with Crippen molar-refractivity contribution in [1.29, 1.82) is 0 Å². The van der Waals surface area contributed by atoms with Gasteiger partial charge in [0.05, 0.1) is 12.6 Å². The SMILES string of the molecule is Cc1ccc(-c2cccnc2)cc1-c1n(-c2ccccc2)c2ccccc2[n+]1C. The van der Waals surface area contributed by atoms with E-state index in [1.54, 1.807) is 0 Å². The average Bonchev–Trinajstić information content (AvgIpc) is 3.08. The van der Waals surface area contributed by atoms with Crippen LogP contribution in [0.2, 0.25) is 0 Å². The Morgan fingerprint density at radius 3 is 2.38 bits per heavy atom.